The molecule has 30 heavy (non-hydrogen) atoms. The van der Waals surface area contributed by atoms with Crippen molar-refractivity contribution < 1.29 is 9.30 Å². The van der Waals surface area contributed by atoms with Gasteiger partial charge in [0.2, 0.25) is 0 Å². The highest BCUT2D eigenvalue weighted by atomic mass is 31.2. The highest BCUT2D eigenvalue weighted by molar-refractivity contribution is 7.70. The van der Waals surface area contributed by atoms with Gasteiger partial charge >= 0.3 is 0 Å². The summed E-state index contributed by atoms with van der Waals surface area (Å²) in [5.74, 6) is 0. The molecule has 0 saturated carbocycles. The molecule has 2 rings (SSSR count). The monoisotopic (exact) mass is 448 g/mol. The van der Waals surface area contributed by atoms with Gasteiger partial charge in [-0.3, -0.25) is 4.99 Å². The molecule has 1 aliphatic heterocycles. The van der Waals surface area contributed by atoms with Crippen molar-refractivity contribution in [3.63, 3.8) is 0 Å². The van der Waals surface area contributed by atoms with Crippen LogP contribution in [0.25, 0.3) is 0 Å². The van der Waals surface area contributed by atoms with Crippen molar-refractivity contribution in [3.05, 3.63) is 47.4 Å². The average molecular weight is 448 g/mol. The zero-order valence-electron chi connectivity index (χ0n) is 18.6. The van der Waals surface area contributed by atoms with Crippen molar-refractivity contribution in [2.75, 3.05) is 51.6 Å². The van der Waals surface area contributed by atoms with E-state index >= 15 is 0 Å². The second-order valence-corrected chi connectivity index (χ2v) is 11.7. The molecule has 0 aliphatic carbocycles. The normalized spacial score (nSPS) is 18.0. The van der Waals surface area contributed by atoms with E-state index in [9.17, 15) is 4.57 Å². The standard InChI is InChI=1S/C22H34N4O2P2/c1-6-7-21(20(16-23)22(29-3)26-12-14-28-15-13-26)25-17(2)24-18-8-10-19(11-9-18)30(4,5)27/h6-11,16-17,23-24,29H,12-15H2,1-5H3/b7-6-,22-20+,23-16?,25-21+. The number of anilines is 1. The zero-order chi connectivity index (χ0) is 22.1. The molecule has 0 bridgehead atoms. The minimum absolute atomic E-state index is 0.182. The number of rotatable bonds is 9. The van der Waals surface area contributed by atoms with Gasteiger partial charge in [-0.05, 0) is 64.2 Å². The summed E-state index contributed by atoms with van der Waals surface area (Å²) >= 11 is 0. The van der Waals surface area contributed by atoms with Gasteiger partial charge in [0.15, 0.2) is 0 Å². The van der Waals surface area contributed by atoms with Gasteiger partial charge in [-0.15, -0.1) is 0 Å². The van der Waals surface area contributed by atoms with Gasteiger partial charge < -0.3 is 24.9 Å². The van der Waals surface area contributed by atoms with Gasteiger partial charge in [0, 0.05) is 41.3 Å². The van der Waals surface area contributed by atoms with Gasteiger partial charge in [0.1, 0.15) is 13.3 Å². The van der Waals surface area contributed by atoms with Crippen LogP contribution >= 0.6 is 15.7 Å². The summed E-state index contributed by atoms with van der Waals surface area (Å²) in [6, 6.07) is 7.70. The van der Waals surface area contributed by atoms with E-state index in [-0.39, 0.29) is 6.17 Å². The van der Waals surface area contributed by atoms with E-state index in [1.807, 2.05) is 50.3 Å². The summed E-state index contributed by atoms with van der Waals surface area (Å²) in [5, 5.41) is 12.3. The van der Waals surface area contributed by atoms with Crippen LogP contribution in [0, 0.1) is 5.41 Å². The molecule has 1 aliphatic rings. The van der Waals surface area contributed by atoms with Crippen LogP contribution in [0.4, 0.5) is 5.69 Å². The summed E-state index contributed by atoms with van der Waals surface area (Å²) in [6.45, 7) is 12.8. The Labute approximate surface area is 182 Å². The molecule has 0 aromatic heterocycles. The van der Waals surface area contributed by atoms with Crippen LogP contribution in [-0.4, -0.2) is 69.3 Å². The highest BCUT2D eigenvalue weighted by Crippen LogP contribution is 2.34. The Hall–Kier alpha value is -1.74. The second-order valence-electron chi connectivity index (χ2n) is 7.49. The smallest absolute Gasteiger partial charge is 0.116 e. The molecule has 0 spiro atoms. The van der Waals surface area contributed by atoms with E-state index in [0.717, 1.165) is 40.8 Å². The van der Waals surface area contributed by atoms with Crippen molar-refractivity contribution >= 4 is 38.6 Å². The minimum Gasteiger partial charge on any atom is -0.378 e. The molecule has 6 nitrogen and oxygen atoms in total. The maximum absolute atomic E-state index is 12.2. The second kappa shape index (κ2) is 11.6. The quantitative estimate of drug-likeness (QED) is 0.438. The lowest BCUT2D eigenvalue weighted by Crippen LogP contribution is -2.35. The van der Waals surface area contributed by atoms with Crippen molar-refractivity contribution in [1.82, 2.24) is 4.90 Å². The van der Waals surface area contributed by atoms with Crippen LogP contribution < -0.4 is 10.6 Å². The van der Waals surface area contributed by atoms with Crippen LogP contribution in [0.5, 0.6) is 0 Å². The molecular weight excluding hydrogens is 414 g/mol. The maximum atomic E-state index is 12.2. The zero-order valence-corrected chi connectivity index (χ0v) is 20.5. The van der Waals surface area contributed by atoms with E-state index in [1.165, 1.54) is 6.21 Å². The molecule has 2 unspecified atom stereocenters. The third-order valence-electron chi connectivity index (χ3n) is 4.76. The number of morpholine rings is 1. The van der Waals surface area contributed by atoms with E-state index < -0.39 is 7.14 Å². The van der Waals surface area contributed by atoms with Gasteiger partial charge in [0.05, 0.1) is 18.9 Å². The lowest BCUT2D eigenvalue weighted by molar-refractivity contribution is 0.0574. The van der Waals surface area contributed by atoms with E-state index in [1.54, 1.807) is 13.3 Å². The summed E-state index contributed by atoms with van der Waals surface area (Å²) in [4.78, 5) is 7.18. The molecule has 1 aromatic rings. The topological polar surface area (TPSA) is 77.8 Å². The number of nitrogens with one attached hydrogen (secondary N) is 2. The molecule has 1 heterocycles. The number of allylic oxidation sites excluding steroid dienone is 3. The van der Waals surface area contributed by atoms with Crippen LogP contribution in [0.2, 0.25) is 0 Å². The molecule has 2 atom stereocenters. The third-order valence-corrected chi connectivity index (χ3v) is 7.36. The summed E-state index contributed by atoms with van der Waals surface area (Å²) in [7, 11) is -1.69. The molecule has 1 saturated heterocycles. The number of nitrogens with zero attached hydrogens (tertiary/aromatic N) is 2. The largest absolute Gasteiger partial charge is 0.378 e. The first-order chi connectivity index (χ1) is 14.3. The lowest BCUT2D eigenvalue weighted by Gasteiger charge is -2.32. The third kappa shape index (κ3) is 6.91. The Bertz CT molecular complexity index is 850. The van der Waals surface area contributed by atoms with Crippen molar-refractivity contribution in [1.29, 1.82) is 5.41 Å². The predicted molar refractivity (Wildman–Crippen MR) is 133 cm³/mol. The Kier molecular flexibility index (Phi) is 9.48. The number of ether oxygens (including phenoxy) is 1. The highest BCUT2D eigenvalue weighted by Gasteiger charge is 2.18. The van der Waals surface area contributed by atoms with Crippen LogP contribution in [0.15, 0.2) is 52.4 Å². The molecule has 1 fully saturated rings. The van der Waals surface area contributed by atoms with Crippen LogP contribution in [-0.2, 0) is 9.30 Å². The number of aliphatic imine (C=N–C) groups is 1. The van der Waals surface area contributed by atoms with Crippen molar-refractivity contribution in [2.24, 2.45) is 4.99 Å². The predicted octanol–water partition coefficient (Wildman–Crippen LogP) is 4.21. The minimum atomic E-state index is -2.26. The molecule has 1 aromatic carbocycles. The van der Waals surface area contributed by atoms with Crippen molar-refractivity contribution in [3.8, 4) is 0 Å². The van der Waals surface area contributed by atoms with Gasteiger partial charge in [-0.1, -0.05) is 14.7 Å². The van der Waals surface area contributed by atoms with Gasteiger partial charge in [0.25, 0.3) is 0 Å². The van der Waals surface area contributed by atoms with E-state index in [4.69, 9.17) is 15.1 Å². The fraction of sp³-hybridized carbons (Fsp3) is 0.455. The van der Waals surface area contributed by atoms with Gasteiger partial charge in [-0.25, -0.2) is 0 Å². The number of hydrogen-bond acceptors (Lipinski definition) is 6. The van der Waals surface area contributed by atoms with Crippen molar-refractivity contribution in [2.45, 2.75) is 20.0 Å². The van der Waals surface area contributed by atoms with E-state index in [0.29, 0.717) is 21.8 Å². The number of hydrogen-bond donors (Lipinski definition) is 2. The Morgan fingerprint density at radius 2 is 1.93 bits per heavy atom. The molecular formula is C22H34N4O2P2. The Morgan fingerprint density at radius 1 is 1.30 bits per heavy atom. The molecule has 164 valence electrons. The maximum Gasteiger partial charge on any atom is 0.116 e. The van der Waals surface area contributed by atoms with Crippen LogP contribution in [0.3, 0.4) is 0 Å². The first-order valence-electron chi connectivity index (χ1n) is 10.2. The molecule has 2 N–H and O–H groups in total. The fourth-order valence-corrected chi connectivity index (χ4v) is 5.15. The molecule has 0 amide bonds. The summed E-state index contributed by atoms with van der Waals surface area (Å²) < 4.78 is 17.7. The molecule has 0 radical (unpaired) electrons. The Morgan fingerprint density at radius 3 is 2.43 bits per heavy atom. The van der Waals surface area contributed by atoms with Crippen LogP contribution in [0.1, 0.15) is 13.8 Å². The lowest BCUT2D eigenvalue weighted by atomic mass is 10.1. The average Bonchev–Trinajstić information content (AvgIpc) is 2.72. The first-order valence-corrected chi connectivity index (χ1v) is 14.3. The van der Waals surface area contributed by atoms with Gasteiger partial charge in [-0.2, -0.15) is 0 Å². The Balaban J connectivity index is 2.28. The first kappa shape index (κ1) is 24.5. The molecule has 8 heteroatoms. The number of benzene rings is 1. The summed E-state index contributed by atoms with van der Waals surface area (Å²) in [6.07, 6.45) is 5.16. The fourth-order valence-electron chi connectivity index (χ4n) is 3.27. The summed E-state index contributed by atoms with van der Waals surface area (Å²) in [5.41, 5.74) is 3.74. The van der Waals surface area contributed by atoms with E-state index in [2.05, 4.69) is 16.9 Å². The SMILES string of the molecule is C\C=C/C(=N\C(C)Nc1ccc(P(C)(C)=O)cc1)C(/C=N)=C(/PC)N1CCOCC1.